The highest BCUT2D eigenvalue weighted by molar-refractivity contribution is 5.55. The van der Waals surface area contributed by atoms with Crippen molar-refractivity contribution in [3.63, 3.8) is 0 Å². The van der Waals surface area contributed by atoms with Crippen LogP contribution in [0.5, 0.6) is 17.2 Å². The van der Waals surface area contributed by atoms with Gasteiger partial charge in [0.25, 0.3) is 0 Å². The Morgan fingerprint density at radius 2 is 0.875 bits per heavy atom. The first-order chi connectivity index (χ1) is 18.6. The summed E-state index contributed by atoms with van der Waals surface area (Å²) in [6.45, 7) is 16.7. The second-order valence-electron chi connectivity index (χ2n) is 13.4. The predicted octanol–water partition coefficient (Wildman–Crippen LogP) is 8.79. The van der Waals surface area contributed by atoms with Gasteiger partial charge in [-0.3, -0.25) is 0 Å². The Balaban J connectivity index is 1.84. The number of hydrogen-bond acceptors (Lipinski definition) is 3. The maximum Gasteiger partial charge on any atom is 0.122 e. The Bertz CT molecular complexity index is 1420. The number of phenols is 3. The molecule has 4 rings (SSSR count). The van der Waals surface area contributed by atoms with E-state index in [1.165, 1.54) is 5.56 Å². The van der Waals surface area contributed by atoms with Gasteiger partial charge < -0.3 is 15.3 Å². The van der Waals surface area contributed by atoms with Crippen LogP contribution in [0.4, 0.5) is 0 Å². The van der Waals surface area contributed by atoms with E-state index < -0.39 is 0 Å². The van der Waals surface area contributed by atoms with Crippen LogP contribution in [0.25, 0.3) is 0 Å². The van der Waals surface area contributed by atoms with E-state index in [4.69, 9.17) is 0 Å². The molecule has 3 nitrogen and oxygen atoms in total. The molecule has 0 atom stereocenters. The Hall–Kier alpha value is -3.72. The average Bonchev–Trinajstić information content (AvgIpc) is 2.85. The summed E-state index contributed by atoms with van der Waals surface area (Å²) in [5.74, 6) is 0.797. The molecule has 0 amide bonds. The van der Waals surface area contributed by atoms with Gasteiger partial charge in [0.1, 0.15) is 17.2 Å². The van der Waals surface area contributed by atoms with Crippen molar-refractivity contribution in [3.05, 3.63) is 122 Å². The molecule has 0 radical (unpaired) electrons. The van der Waals surface area contributed by atoms with Crippen molar-refractivity contribution in [3.8, 4) is 17.2 Å². The Morgan fingerprint density at radius 3 is 1.27 bits per heavy atom. The molecule has 210 valence electrons. The second kappa shape index (κ2) is 11.0. The molecule has 0 unspecified atom stereocenters. The normalized spacial score (nSPS) is 12.1. The van der Waals surface area contributed by atoms with Crippen LogP contribution in [0.2, 0.25) is 0 Å². The third-order valence-electron chi connectivity index (χ3n) is 7.62. The Kier molecular flexibility index (Phi) is 8.08. The molecule has 0 aromatic heterocycles. The van der Waals surface area contributed by atoms with Gasteiger partial charge >= 0.3 is 0 Å². The lowest BCUT2D eigenvalue weighted by molar-refractivity contribution is 0.438. The van der Waals surface area contributed by atoms with E-state index in [0.29, 0.717) is 24.3 Å². The lowest BCUT2D eigenvalue weighted by atomic mass is 9.82. The summed E-state index contributed by atoms with van der Waals surface area (Å²) in [6.07, 6.45) is 1.54. The van der Waals surface area contributed by atoms with Crippen LogP contribution in [0.1, 0.15) is 97.2 Å². The molecule has 0 spiro atoms. The minimum Gasteiger partial charge on any atom is -0.507 e. The van der Waals surface area contributed by atoms with Crippen LogP contribution in [-0.4, -0.2) is 15.3 Å². The summed E-state index contributed by atoms with van der Waals surface area (Å²) in [5.41, 5.74) is 8.97. The standard InChI is InChI=1S/C37H44O3/c1-23-14-27(34(39)31(16-23)36(3,4)5)21-29-19-26(18-25-12-10-9-11-13-25)20-30(33(29)38)22-28-15-24(2)17-32(35(28)40)37(6,7)8/h9-17,19-20,38-40H,18,21-22H2,1-8H3. The summed E-state index contributed by atoms with van der Waals surface area (Å²) in [6, 6.07) is 22.5. The SMILES string of the molecule is Cc1cc(Cc2cc(Cc3ccccc3)cc(Cc3cc(C)cc(C(C)(C)C)c3O)c2O)c(O)c(C(C)(C)C)c1. The zero-order valence-electron chi connectivity index (χ0n) is 25.3. The van der Waals surface area contributed by atoms with E-state index in [9.17, 15) is 15.3 Å². The third kappa shape index (κ3) is 6.53. The van der Waals surface area contributed by atoms with Gasteiger partial charge in [-0.1, -0.05) is 119 Å². The van der Waals surface area contributed by atoms with Crippen LogP contribution in [-0.2, 0) is 30.1 Å². The van der Waals surface area contributed by atoms with Crippen LogP contribution in [0.3, 0.4) is 0 Å². The van der Waals surface area contributed by atoms with Crippen LogP contribution in [0, 0.1) is 13.8 Å². The van der Waals surface area contributed by atoms with E-state index >= 15 is 0 Å². The summed E-state index contributed by atoms with van der Waals surface area (Å²) < 4.78 is 0. The molecule has 0 aliphatic carbocycles. The molecular weight excluding hydrogens is 492 g/mol. The first kappa shape index (κ1) is 29.3. The quantitative estimate of drug-likeness (QED) is 0.231. The molecule has 0 fully saturated rings. The van der Waals surface area contributed by atoms with E-state index in [-0.39, 0.29) is 16.6 Å². The number of hydrogen-bond donors (Lipinski definition) is 3. The molecule has 4 aromatic rings. The summed E-state index contributed by atoms with van der Waals surface area (Å²) >= 11 is 0. The van der Waals surface area contributed by atoms with Crippen LogP contribution in [0.15, 0.2) is 66.7 Å². The van der Waals surface area contributed by atoms with Crippen molar-refractivity contribution >= 4 is 0 Å². The minimum absolute atomic E-state index is 0.208. The van der Waals surface area contributed by atoms with Crippen LogP contribution >= 0.6 is 0 Å². The zero-order chi connectivity index (χ0) is 29.4. The molecule has 0 heterocycles. The average molecular weight is 537 g/mol. The summed E-state index contributed by atoms with van der Waals surface area (Å²) in [7, 11) is 0. The fraction of sp³-hybridized carbons (Fsp3) is 0.351. The molecule has 0 bridgehead atoms. The molecule has 4 aromatic carbocycles. The molecule has 0 saturated carbocycles. The second-order valence-corrected chi connectivity index (χ2v) is 13.4. The van der Waals surface area contributed by atoms with Gasteiger partial charge in [-0.15, -0.1) is 0 Å². The first-order valence-electron chi connectivity index (χ1n) is 14.2. The Labute approximate surface area is 240 Å². The number of rotatable bonds is 6. The number of aromatic hydroxyl groups is 3. The summed E-state index contributed by atoms with van der Waals surface area (Å²) in [5, 5.41) is 34.2. The van der Waals surface area contributed by atoms with Crippen molar-refractivity contribution in [1.82, 2.24) is 0 Å². The highest BCUT2D eigenvalue weighted by Gasteiger charge is 2.24. The monoisotopic (exact) mass is 536 g/mol. The van der Waals surface area contributed by atoms with E-state index in [1.54, 1.807) is 0 Å². The van der Waals surface area contributed by atoms with Gasteiger partial charge in [-0.25, -0.2) is 0 Å². The maximum absolute atomic E-state index is 11.6. The van der Waals surface area contributed by atoms with Gasteiger partial charge in [0.05, 0.1) is 0 Å². The predicted molar refractivity (Wildman–Crippen MR) is 166 cm³/mol. The molecule has 40 heavy (non-hydrogen) atoms. The van der Waals surface area contributed by atoms with Crippen molar-refractivity contribution in [2.24, 2.45) is 0 Å². The topological polar surface area (TPSA) is 60.7 Å². The molecule has 0 aliphatic rings. The van der Waals surface area contributed by atoms with Gasteiger partial charge in [0.2, 0.25) is 0 Å². The maximum atomic E-state index is 11.6. The van der Waals surface area contributed by atoms with Crippen LogP contribution < -0.4 is 0 Å². The lowest BCUT2D eigenvalue weighted by Gasteiger charge is -2.24. The van der Waals surface area contributed by atoms with Crippen molar-refractivity contribution in [1.29, 1.82) is 0 Å². The third-order valence-corrected chi connectivity index (χ3v) is 7.62. The highest BCUT2D eigenvalue weighted by Crippen LogP contribution is 2.40. The van der Waals surface area contributed by atoms with Gasteiger partial charge in [0.15, 0.2) is 0 Å². The van der Waals surface area contributed by atoms with Gasteiger partial charge in [0, 0.05) is 12.8 Å². The fourth-order valence-corrected chi connectivity index (χ4v) is 5.57. The van der Waals surface area contributed by atoms with E-state index in [1.807, 2.05) is 56.3 Å². The molecule has 0 saturated heterocycles. The number of phenolic OH excluding ortho intramolecular Hbond substituents is 3. The van der Waals surface area contributed by atoms with E-state index in [0.717, 1.165) is 56.5 Å². The molecular formula is C37H44O3. The van der Waals surface area contributed by atoms with Crippen molar-refractivity contribution in [2.45, 2.75) is 85.5 Å². The molecule has 0 aliphatic heterocycles. The summed E-state index contributed by atoms with van der Waals surface area (Å²) in [4.78, 5) is 0. The van der Waals surface area contributed by atoms with Gasteiger partial charge in [-0.05, 0) is 75.6 Å². The van der Waals surface area contributed by atoms with Crippen molar-refractivity contribution < 1.29 is 15.3 Å². The molecule has 3 heteroatoms. The highest BCUT2D eigenvalue weighted by atomic mass is 16.3. The van der Waals surface area contributed by atoms with Crippen molar-refractivity contribution in [2.75, 3.05) is 0 Å². The smallest absolute Gasteiger partial charge is 0.122 e. The number of benzene rings is 4. The first-order valence-corrected chi connectivity index (χ1v) is 14.2. The lowest BCUT2D eigenvalue weighted by Crippen LogP contribution is -2.13. The molecule has 3 N–H and O–H groups in total. The fourth-order valence-electron chi connectivity index (χ4n) is 5.57. The zero-order valence-corrected chi connectivity index (χ0v) is 25.3. The number of aryl methyl sites for hydroxylation is 2. The minimum atomic E-state index is -0.208. The Morgan fingerprint density at radius 1 is 0.475 bits per heavy atom. The van der Waals surface area contributed by atoms with Gasteiger partial charge in [-0.2, -0.15) is 0 Å². The van der Waals surface area contributed by atoms with E-state index in [2.05, 4.69) is 65.8 Å². The largest absolute Gasteiger partial charge is 0.507 e.